The molecule has 15 heavy (non-hydrogen) atoms. The summed E-state index contributed by atoms with van der Waals surface area (Å²) in [5.74, 6) is 0.619. The molecule has 1 heterocycles. The van der Waals surface area contributed by atoms with Crippen molar-refractivity contribution in [1.29, 1.82) is 0 Å². The number of nitrogen functional groups attached to an aromatic ring is 1. The van der Waals surface area contributed by atoms with Crippen LogP contribution in [-0.2, 0) is 0 Å². The van der Waals surface area contributed by atoms with Gasteiger partial charge in [-0.2, -0.15) is 0 Å². The Morgan fingerprint density at radius 1 is 1.33 bits per heavy atom. The van der Waals surface area contributed by atoms with Crippen LogP contribution in [0.4, 0.5) is 5.82 Å². The summed E-state index contributed by atoms with van der Waals surface area (Å²) in [5.41, 5.74) is 6.23. The molecule has 0 bridgehead atoms. The van der Waals surface area contributed by atoms with Crippen molar-refractivity contribution in [3.05, 3.63) is 31.8 Å². The van der Waals surface area contributed by atoms with E-state index in [4.69, 9.17) is 33.5 Å². The van der Waals surface area contributed by atoms with Crippen LogP contribution < -0.4 is 5.73 Å². The first kappa shape index (κ1) is 11.0. The van der Waals surface area contributed by atoms with Gasteiger partial charge in [0.1, 0.15) is 5.02 Å². The van der Waals surface area contributed by atoms with Crippen molar-refractivity contribution in [2.24, 2.45) is 0 Å². The number of aromatic nitrogens is 1. The summed E-state index contributed by atoms with van der Waals surface area (Å²) in [5, 5.41) is 4.52. The Bertz CT molecular complexity index is 513. The number of halogens is 3. The average molecular weight is 355 g/mol. The summed E-state index contributed by atoms with van der Waals surface area (Å²) < 4.78 is 5.97. The highest BCUT2D eigenvalue weighted by molar-refractivity contribution is 14.1. The van der Waals surface area contributed by atoms with E-state index in [1.807, 2.05) is 12.1 Å². The Morgan fingerprint density at radius 3 is 2.60 bits per heavy atom. The molecule has 0 spiro atoms. The lowest BCUT2D eigenvalue weighted by atomic mass is 10.2. The van der Waals surface area contributed by atoms with Gasteiger partial charge in [0.25, 0.3) is 0 Å². The van der Waals surface area contributed by atoms with E-state index >= 15 is 0 Å². The zero-order chi connectivity index (χ0) is 11.0. The Labute approximate surface area is 110 Å². The highest BCUT2D eigenvalue weighted by Gasteiger charge is 2.14. The van der Waals surface area contributed by atoms with Crippen molar-refractivity contribution in [3.63, 3.8) is 0 Å². The number of anilines is 1. The Morgan fingerprint density at radius 2 is 2.07 bits per heavy atom. The molecule has 0 amide bonds. The van der Waals surface area contributed by atoms with Gasteiger partial charge >= 0.3 is 0 Å². The van der Waals surface area contributed by atoms with Crippen molar-refractivity contribution < 1.29 is 4.52 Å². The second-order valence-electron chi connectivity index (χ2n) is 2.84. The molecule has 0 aliphatic rings. The predicted molar refractivity (Wildman–Crippen MR) is 69.1 cm³/mol. The topological polar surface area (TPSA) is 52.0 Å². The van der Waals surface area contributed by atoms with Crippen molar-refractivity contribution in [1.82, 2.24) is 5.16 Å². The third-order valence-corrected chi connectivity index (χ3v) is 3.78. The predicted octanol–water partition coefficient (Wildman–Crippen LogP) is 3.84. The number of nitrogens with two attached hydrogens (primary N) is 1. The van der Waals surface area contributed by atoms with Crippen molar-refractivity contribution >= 4 is 51.6 Å². The first-order chi connectivity index (χ1) is 7.09. The van der Waals surface area contributed by atoms with Crippen LogP contribution in [0.2, 0.25) is 10.0 Å². The Hall–Kier alpha value is -0.460. The van der Waals surface area contributed by atoms with E-state index in [1.165, 1.54) is 0 Å². The highest BCUT2D eigenvalue weighted by Crippen LogP contribution is 2.34. The van der Waals surface area contributed by atoms with Gasteiger partial charge in [0, 0.05) is 9.13 Å². The first-order valence-electron chi connectivity index (χ1n) is 3.95. The van der Waals surface area contributed by atoms with Gasteiger partial charge in [0.2, 0.25) is 0 Å². The molecule has 78 valence electrons. The summed E-state index contributed by atoms with van der Waals surface area (Å²) >= 11 is 14.0. The van der Waals surface area contributed by atoms with Gasteiger partial charge in [-0.25, -0.2) is 0 Å². The molecular weight excluding hydrogens is 350 g/mol. The van der Waals surface area contributed by atoms with Crippen LogP contribution in [0.5, 0.6) is 0 Å². The molecule has 1 aromatic heterocycles. The lowest BCUT2D eigenvalue weighted by Gasteiger charge is -1.99. The number of hydrogen-bond acceptors (Lipinski definition) is 3. The summed E-state index contributed by atoms with van der Waals surface area (Å²) in [6.07, 6.45) is 0. The number of rotatable bonds is 1. The van der Waals surface area contributed by atoms with Gasteiger partial charge < -0.3 is 10.3 Å². The quantitative estimate of drug-likeness (QED) is 0.791. The van der Waals surface area contributed by atoms with Crippen LogP contribution in [-0.4, -0.2) is 5.16 Å². The molecule has 3 nitrogen and oxygen atoms in total. The molecule has 6 heteroatoms. The maximum Gasteiger partial charge on any atom is 0.187 e. The minimum Gasteiger partial charge on any atom is -0.380 e. The lowest BCUT2D eigenvalue weighted by molar-refractivity contribution is 0.436. The summed E-state index contributed by atoms with van der Waals surface area (Å²) in [4.78, 5) is 0. The molecule has 0 aliphatic carbocycles. The van der Waals surface area contributed by atoms with Crippen molar-refractivity contribution in [2.75, 3.05) is 5.73 Å². The maximum absolute atomic E-state index is 5.98. The van der Waals surface area contributed by atoms with E-state index in [1.54, 1.807) is 6.07 Å². The van der Waals surface area contributed by atoms with E-state index in [2.05, 4.69) is 27.7 Å². The van der Waals surface area contributed by atoms with E-state index in [-0.39, 0.29) is 5.82 Å². The summed E-state index contributed by atoms with van der Waals surface area (Å²) in [7, 11) is 0. The molecule has 2 rings (SSSR count). The molecule has 0 radical (unpaired) electrons. The van der Waals surface area contributed by atoms with Crippen molar-refractivity contribution in [2.45, 2.75) is 0 Å². The number of hydrogen-bond donors (Lipinski definition) is 1. The molecule has 0 saturated heterocycles. The maximum atomic E-state index is 5.98. The molecule has 0 atom stereocenters. The zero-order valence-electron chi connectivity index (χ0n) is 7.30. The minimum atomic E-state index is 0.182. The van der Waals surface area contributed by atoms with Crippen molar-refractivity contribution in [3.8, 4) is 11.3 Å². The lowest BCUT2D eigenvalue weighted by Crippen LogP contribution is -1.83. The first-order valence-corrected chi connectivity index (χ1v) is 5.79. The molecular formula is C9H5Cl2IN2O. The normalized spacial score (nSPS) is 10.6. The smallest absolute Gasteiger partial charge is 0.187 e. The molecule has 0 fully saturated rings. The molecule has 2 aromatic rings. The highest BCUT2D eigenvalue weighted by atomic mass is 127. The molecule has 1 aromatic carbocycles. The fourth-order valence-corrected chi connectivity index (χ4v) is 1.80. The van der Waals surface area contributed by atoms with Gasteiger partial charge in [-0.05, 0) is 40.8 Å². The number of benzene rings is 1. The largest absolute Gasteiger partial charge is 0.380 e. The van der Waals surface area contributed by atoms with E-state index < -0.39 is 0 Å². The monoisotopic (exact) mass is 354 g/mol. The van der Waals surface area contributed by atoms with E-state index in [0.29, 0.717) is 15.8 Å². The Balaban J connectivity index is 2.55. The van der Waals surface area contributed by atoms with E-state index in [9.17, 15) is 0 Å². The van der Waals surface area contributed by atoms with Gasteiger partial charge in [-0.15, -0.1) is 0 Å². The number of nitrogens with zero attached hydrogens (tertiary/aromatic N) is 1. The second-order valence-corrected chi connectivity index (χ2v) is 4.79. The van der Waals surface area contributed by atoms with Gasteiger partial charge in [-0.3, -0.25) is 0 Å². The summed E-state index contributed by atoms with van der Waals surface area (Å²) in [6, 6.07) is 5.47. The third-order valence-electron chi connectivity index (χ3n) is 1.84. The SMILES string of the molecule is Nc1noc(-c2ccc(I)c(Cl)c2)c1Cl. The van der Waals surface area contributed by atoms with Gasteiger partial charge in [0.05, 0.1) is 5.02 Å². The standard InChI is InChI=1S/C9H5Cl2IN2O/c10-5-3-4(1-2-6(5)12)8-7(11)9(13)14-15-8/h1-3H,(H2,13,14). The zero-order valence-corrected chi connectivity index (χ0v) is 11.0. The summed E-state index contributed by atoms with van der Waals surface area (Å²) in [6.45, 7) is 0. The van der Waals surface area contributed by atoms with Crippen LogP contribution in [0.3, 0.4) is 0 Å². The average Bonchev–Trinajstić information content (AvgIpc) is 2.53. The van der Waals surface area contributed by atoms with E-state index in [0.717, 1.165) is 9.13 Å². The van der Waals surface area contributed by atoms with Gasteiger partial charge in [0.15, 0.2) is 11.6 Å². The molecule has 0 saturated carbocycles. The molecule has 0 unspecified atom stereocenters. The van der Waals surface area contributed by atoms with Crippen LogP contribution in [0.15, 0.2) is 22.7 Å². The molecule has 0 aliphatic heterocycles. The van der Waals surface area contributed by atoms with Crippen LogP contribution in [0, 0.1) is 3.57 Å². The third kappa shape index (κ3) is 2.07. The van der Waals surface area contributed by atoms with Crippen LogP contribution in [0.1, 0.15) is 0 Å². The van der Waals surface area contributed by atoms with Crippen LogP contribution in [0.25, 0.3) is 11.3 Å². The molecule has 2 N–H and O–H groups in total. The Kier molecular flexibility index (Phi) is 3.08. The fourth-order valence-electron chi connectivity index (χ4n) is 1.11. The van der Waals surface area contributed by atoms with Gasteiger partial charge in [-0.1, -0.05) is 28.4 Å². The van der Waals surface area contributed by atoms with Crippen LogP contribution >= 0.6 is 45.8 Å². The second kappa shape index (κ2) is 4.19. The minimum absolute atomic E-state index is 0.182. The fraction of sp³-hybridized carbons (Fsp3) is 0.